The van der Waals surface area contributed by atoms with E-state index in [1.807, 2.05) is 19.1 Å². The molecule has 6 heteroatoms. The highest BCUT2D eigenvalue weighted by atomic mass is 16.4. The summed E-state index contributed by atoms with van der Waals surface area (Å²) < 4.78 is 0. The Hall–Kier alpha value is -3.02. The van der Waals surface area contributed by atoms with Crippen LogP contribution in [0.1, 0.15) is 48.7 Å². The first kappa shape index (κ1) is 18.8. The minimum absolute atomic E-state index is 0.110. The predicted octanol–water partition coefficient (Wildman–Crippen LogP) is 3.55. The molecule has 1 aromatic heterocycles. The van der Waals surface area contributed by atoms with Gasteiger partial charge in [-0.15, -0.1) is 0 Å². The molecule has 0 spiro atoms. The molecule has 0 unspecified atom stereocenters. The molecule has 0 radical (unpaired) electrons. The molecule has 2 heterocycles. The van der Waals surface area contributed by atoms with E-state index in [1.165, 1.54) is 0 Å². The van der Waals surface area contributed by atoms with Crippen molar-refractivity contribution < 1.29 is 14.7 Å². The first-order valence-electron chi connectivity index (χ1n) is 8.99. The van der Waals surface area contributed by atoms with Gasteiger partial charge in [-0.2, -0.15) is 0 Å². The lowest BCUT2D eigenvalue weighted by molar-refractivity contribution is -0.120. The monoisotopic (exact) mass is 365 g/mol. The molecule has 0 aliphatic carbocycles. The van der Waals surface area contributed by atoms with E-state index in [9.17, 15) is 14.7 Å². The Morgan fingerprint density at radius 1 is 1.22 bits per heavy atom. The van der Waals surface area contributed by atoms with E-state index in [1.54, 1.807) is 35.5 Å². The second-order valence-corrected chi connectivity index (χ2v) is 7.18. The molecule has 1 aliphatic heterocycles. The van der Waals surface area contributed by atoms with E-state index in [2.05, 4.69) is 23.8 Å². The van der Waals surface area contributed by atoms with Crippen molar-refractivity contribution in [2.75, 3.05) is 4.90 Å². The van der Waals surface area contributed by atoms with Crippen LogP contribution in [0.2, 0.25) is 0 Å². The van der Waals surface area contributed by atoms with E-state index >= 15 is 0 Å². The molecular formula is C21H23N3O3. The van der Waals surface area contributed by atoms with Crippen molar-refractivity contribution in [2.45, 2.75) is 39.8 Å². The number of pyridine rings is 1. The average Bonchev–Trinajstić information content (AvgIpc) is 2.73. The number of carboxylic acid groups (broad SMARTS) is 1. The third-order valence-corrected chi connectivity index (χ3v) is 4.61. The number of fused-ring (bicyclic) bond motifs is 1. The summed E-state index contributed by atoms with van der Waals surface area (Å²) in [5.41, 5.74) is 3.19. The van der Waals surface area contributed by atoms with Gasteiger partial charge in [0.05, 0.1) is 17.8 Å². The zero-order chi connectivity index (χ0) is 19.6. The number of carbonyl (C=O) groups excluding carboxylic acids is 1. The van der Waals surface area contributed by atoms with Crippen molar-refractivity contribution >= 4 is 23.3 Å². The molecule has 1 atom stereocenters. The zero-order valence-electron chi connectivity index (χ0n) is 15.7. The van der Waals surface area contributed by atoms with E-state index in [0.717, 1.165) is 16.8 Å². The number of rotatable bonds is 5. The number of nitrogens with zero attached hydrogens (tertiary/aromatic N) is 3. The molecule has 140 valence electrons. The Labute approximate surface area is 158 Å². The van der Waals surface area contributed by atoms with Crippen molar-refractivity contribution in [1.29, 1.82) is 0 Å². The highest BCUT2D eigenvalue weighted by Gasteiger charge is 2.31. The molecule has 6 nitrogen and oxygen atoms in total. The largest absolute Gasteiger partial charge is 0.478 e. The van der Waals surface area contributed by atoms with E-state index < -0.39 is 12.0 Å². The molecule has 0 saturated heterocycles. The fraction of sp³-hybridized carbons (Fsp3) is 0.333. The smallest absolute Gasteiger partial charge is 0.335 e. The van der Waals surface area contributed by atoms with Gasteiger partial charge in [0.1, 0.15) is 6.04 Å². The summed E-state index contributed by atoms with van der Waals surface area (Å²) in [6.07, 6.45) is 4.00. The number of aromatic nitrogens is 1. The Bertz CT molecular complexity index is 891. The lowest BCUT2D eigenvalue weighted by Crippen LogP contribution is -2.38. The van der Waals surface area contributed by atoms with Crippen molar-refractivity contribution in [3.8, 4) is 0 Å². The van der Waals surface area contributed by atoms with Crippen molar-refractivity contribution in [3.63, 3.8) is 0 Å². The van der Waals surface area contributed by atoms with Gasteiger partial charge in [0.2, 0.25) is 0 Å². The number of carbonyl (C=O) groups is 2. The molecule has 0 saturated carbocycles. The van der Waals surface area contributed by atoms with Crippen LogP contribution in [0.5, 0.6) is 0 Å². The number of hydrogen-bond acceptors (Lipinski definition) is 4. The summed E-state index contributed by atoms with van der Waals surface area (Å²) in [6, 6.07) is 8.08. The first-order valence-corrected chi connectivity index (χ1v) is 8.99. The van der Waals surface area contributed by atoms with Crippen LogP contribution >= 0.6 is 0 Å². The van der Waals surface area contributed by atoms with Crippen LogP contribution in [-0.2, 0) is 11.3 Å². The Balaban J connectivity index is 2.12. The number of carboxylic acids is 1. The zero-order valence-corrected chi connectivity index (χ0v) is 15.7. The molecule has 0 bridgehead atoms. The summed E-state index contributed by atoms with van der Waals surface area (Å²) in [5.74, 6) is -0.818. The SMILES string of the molecule is CC1=N[C@H](CC(C)C)C(=O)N(Cc2ccncc2)c2cc(C(=O)O)ccc21. The number of aromatic carboxylic acids is 1. The van der Waals surface area contributed by atoms with Crippen LogP contribution in [-0.4, -0.2) is 33.7 Å². The third kappa shape index (κ3) is 4.05. The van der Waals surface area contributed by atoms with Crippen LogP contribution < -0.4 is 4.90 Å². The maximum absolute atomic E-state index is 13.3. The summed E-state index contributed by atoms with van der Waals surface area (Å²) in [7, 11) is 0. The molecule has 1 amide bonds. The van der Waals surface area contributed by atoms with Crippen LogP contribution in [0.4, 0.5) is 5.69 Å². The van der Waals surface area contributed by atoms with Gasteiger partial charge in [0.25, 0.3) is 5.91 Å². The number of benzene rings is 1. The molecule has 1 aliphatic rings. The Kier molecular flexibility index (Phi) is 5.35. The molecule has 1 N–H and O–H groups in total. The normalized spacial score (nSPS) is 16.7. The second-order valence-electron chi connectivity index (χ2n) is 7.18. The van der Waals surface area contributed by atoms with Crippen LogP contribution in [0.15, 0.2) is 47.7 Å². The highest BCUT2D eigenvalue weighted by Crippen LogP contribution is 2.30. The van der Waals surface area contributed by atoms with E-state index in [-0.39, 0.29) is 11.5 Å². The molecular weight excluding hydrogens is 342 g/mol. The lowest BCUT2D eigenvalue weighted by Gasteiger charge is -2.26. The van der Waals surface area contributed by atoms with Crippen LogP contribution in [0.3, 0.4) is 0 Å². The number of benzodiazepines with no additional fused rings is 1. The summed E-state index contributed by atoms with van der Waals surface area (Å²) in [4.78, 5) is 35.1. The predicted molar refractivity (Wildman–Crippen MR) is 104 cm³/mol. The van der Waals surface area contributed by atoms with Gasteiger partial charge in [-0.1, -0.05) is 19.9 Å². The van der Waals surface area contributed by atoms with Gasteiger partial charge in [-0.05, 0) is 49.1 Å². The van der Waals surface area contributed by atoms with Crippen LogP contribution in [0, 0.1) is 5.92 Å². The molecule has 3 rings (SSSR count). The van der Waals surface area contributed by atoms with Gasteiger partial charge in [0.15, 0.2) is 0 Å². The lowest BCUT2D eigenvalue weighted by atomic mass is 10.0. The van der Waals surface area contributed by atoms with E-state index in [4.69, 9.17) is 0 Å². The molecule has 1 aromatic carbocycles. The summed E-state index contributed by atoms with van der Waals surface area (Å²) in [5, 5.41) is 9.39. The maximum atomic E-state index is 13.3. The third-order valence-electron chi connectivity index (χ3n) is 4.61. The van der Waals surface area contributed by atoms with Crippen LogP contribution in [0.25, 0.3) is 0 Å². The van der Waals surface area contributed by atoms with Gasteiger partial charge in [-0.3, -0.25) is 14.8 Å². The average molecular weight is 365 g/mol. The topological polar surface area (TPSA) is 82.9 Å². The minimum atomic E-state index is -1.02. The quantitative estimate of drug-likeness (QED) is 0.878. The number of amides is 1. The number of anilines is 1. The minimum Gasteiger partial charge on any atom is -0.478 e. The van der Waals surface area contributed by atoms with Gasteiger partial charge < -0.3 is 10.0 Å². The fourth-order valence-electron chi connectivity index (χ4n) is 3.28. The van der Waals surface area contributed by atoms with E-state index in [0.29, 0.717) is 24.6 Å². The Morgan fingerprint density at radius 3 is 2.56 bits per heavy atom. The van der Waals surface area contributed by atoms with Crippen molar-refractivity contribution in [1.82, 2.24) is 4.98 Å². The maximum Gasteiger partial charge on any atom is 0.335 e. The molecule has 27 heavy (non-hydrogen) atoms. The molecule has 0 fully saturated rings. The summed E-state index contributed by atoms with van der Waals surface area (Å²) in [6.45, 7) is 6.34. The second kappa shape index (κ2) is 7.70. The van der Waals surface area contributed by atoms with Gasteiger partial charge in [-0.25, -0.2) is 4.79 Å². The number of aliphatic imine (C=N–C) groups is 1. The van der Waals surface area contributed by atoms with Crippen molar-refractivity contribution in [2.24, 2.45) is 10.9 Å². The Morgan fingerprint density at radius 2 is 1.93 bits per heavy atom. The summed E-state index contributed by atoms with van der Waals surface area (Å²) >= 11 is 0. The highest BCUT2D eigenvalue weighted by molar-refractivity contribution is 6.12. The number of hydrogen-bond donors (Lipinski definition) is 1. The van der Waals surface area contributed by atoms with Crippen molar-refractivity contribution in [3.05, 3.63) is 59.4 Å². The van der Waals surface area contributed by atoms with Gasteiger partial charge >= 0.3 is 5.97 Å². The fourth-order valence-corrected chi connectivity index (χ4v) is 3.28. The standard InChI is InChI=1S/C21H23N3O3/c1-13(2)10-18-20(25)24(12-15-6-8-22-9-7-15)19-11-16(21(26)27)4-5-17(19)14(3)23-18/h4-9,11,13,18H,10,12H2,1-3H3,(H,26,27)/t18-/m1/s1. The molecule has 2 aromatic rings. The first-order chi connectivity index (χ1) is 12.9. The van der Waals surface area contributed by atoms with Gasteiger partial charge in [0, 0.05) is 23.7 Å².